The lowest BCUT2D eigenvalue weighted by Gasteiger charge is -2.12. The summed E-state index contributed by atoms with van der Waals surface area (Å²) in [6, 6.07) is 22.4. The van der Waals surface area contributed by atoms with E-state index in [-0.39, 0.29) is 11.5 Å². The zero-order valence-electron chi connectivity index (χ0n) is 13.0. The van der Waals surface area contributed by atoms with E-state index in [0.29, 0.717) is 11.1 Å². The number of hydrogen-bond donors (Lipinski definition) is 5. The smallest absolute Gasteiger partial charge is 0.466 e. The van der Waals surface area contributed by atoms with Gasteiger partial charge in [-0.2, -0.15) is 0 Å². The van der Waals surface area contributed by atoms with Crippen LogP contribution in [0.25, 0.3) is 22.3 Å². The van der Waals surface area contributed by atoms with Crippen LogP contribution in [0.15, 0.2) is 72.8 Å². The number of phenolic OH excluding ortho intramolecular Hbond substituents is 2. The fourth-order valence-corrected chi connectivity index (χ4v) is 2.32. The summed E-state index contributed by atoms with van der Waals surface area (Å²) in [5.74, 6) is 0.177. The number of phosphoric acid groups is 1. The van der Waals surface area contributed by atoms with E-state index in [1.54, 1.807) is 12.1 Å². The molecule has 130 valence electrons. The van der Waals surface area contributed by atoms with Crippen molar-refractivity contribution in [1.29, 1.82) is 0 Å². The fourth-order valence-electron chi connectivity index (χ4n) is 2.32. The van der Waals surface area contributed by atoms with E-state index in [0.717, 1.165) is 11.1 Å². The van der Waals surface area contributed by atoms with Crippen molar-refractivity contribution in [2.24, 2.45) is 0 Å². The van der Waals surface area contributed by atoms with Crippen molar-refractivity contribution in [2.75, 3.05) is 0 Å². The second-order valence-electron chi connectivity index (χ2n) is 5.10. The highest BCUT2D eigenvalue weighted by molar-refractivity contribution is 7.45. The molecule has 0 amide bonds. The van der Waals surface area contributed by atoms with E-state index in [4.69, 9.17) is 19.2 Å². The van der Waals surface area contributed by atoms with Gasteiger partial charge in [0.25, 0.3) is 0 Å². The average molecular weight is 360 g/mol. The number of benzene rings is 3. The molecule has 0 unspecified atom stereocenters. The molecule has 0 spiro atoms. The van der Waals surface area contributed by atoms with Gasteiger partial charge in [-0.15, -0.1) is 0 Å². The molecule has 0 saturated carbocycles. The lowest BCUT2D eigenvalue weighted by atomic mass is 9.96. The second-order valence-corrected chi connectivity index (χ2v) is 6.13. The summed E-state index contributed by atoms with van der Waals surface area (Å²) in [7, 11) is -4.64. The Morgan fingerprint density at radius 2 is 1.08 bits per heavy atom. The van der Waals surface area contributed by atoms with Crippen molar-refractivity contribution in [3.05, 3.63) is 72.8 Å². The first kappa shape index (κ1) is 18.7. The van der Waals surface area contributed by atoms with Crippen LogP contribution in [0, 0.1) is 0 Å². The third-order valence-corrected chi connectivity index (χ3v) is 3.30. The standard InChI is InChI=1S/C18H14O2.H3O4P/c19-16-12-11-15(13-7-3-1-4-8-13)18(20)17(16)14-9-5-2-6-10-14;1-5(2,3)4/h1-12,19-20H;(H3,1,2,3,4). The van der Waals surface area contributed by atoms with Crippen LogP contribution in [0.3, 0.4) is 0 Å². The molecular weight excluding hydrogens is 343 g/mol. The Hall–Kier alpha value is -2.63. The number of rotatable bonds is 2. The molecule has 5 N–H and O–H groups in total. The highest BCUT2D eigenvalue weighted by atomic mass is 31.2. The maximum Gasteiger partial charge on any atom is 0.466 e. The van der Waals surface area contributed by atoms with Gasteiger partial charge in [-0.25, -0.2) is 4.57 Å². The minimum absolute atomic E-state index is 0.0772. The minimum atomic E-state index is -4.64. The molecule has 3 aromatic rings. The van der Waals surface area contributed by atoms with Crippen molar-refractivity contribution in [3.8, 4) is 33.8 Å². The Balaban J connectivity index is 0.000000399. The molecule has 0 aliphatic heterocycles. The monoisotopic (exact) mass is 360 g/mol. The Morgan fingerprint density at radius 3 is 1.56 bits per heavy atom. The van der Waals surface area contributed by atoms with E-state index < -0.39 is 7.82 Å². The van der Waals surface area contributed by atoms with Crippen LogP contribution < -0.4 is 0 Å². The zero-order valence-corrected chi connectivity index (χ0v) is 13.9. The Morgan fingerprint density at radius 1 is 0.640 bits per heavy atom. The Kier molecular flexibility index (Phi) is 5.96. The molecule has 25 heavy (non-hydrogen) atoms. The van der Waals surface area contributed by atoms with Gasteiger partial charge in [-0.3, -0.25) is 0 Å². The quantitative estimate of drug-likeness (QED) is 0.446. The van der Waals surface area contributed by atoms with Gasteiger partial charge < -0.3 is 24.9 Å². The Bertz CT molecular complexity index is 867. The number of phenols is 2. The van der Waals surface area contributed by atoms with E-state index in [1.165, 1.54) is 0 Å². The van der Waals surface area contributed by atoms with E-state index in [1.807, 2.05) is 60.7 Å². The van der Waals surface area contributed by atoms with Gasteiger partial charge in [0.1, 0.15) is 11.5 Å². The molecule has 6 nitrogen and oxygen atoms in total. The van der Waals surface area contributed by atoms with Gasteiger partial charge in [-0.05, 0) is 23.3 Å². The van der Waals surface area contributed by atoms with E-state index >= 15 is 0 Å². The van der Waals surface area contributed by atoms with Gasteiger partial charge in [-0.1, -0.05) is 60.7 Å². The van der Waals surface area contributed by atoms with Crippen LogP contribution in [0.2, 0.25) is 0 Å². The summed E-state index contributed by atoms with van der Waals surface area (Å²) < 4.78 is 8.88. The first-order valence-electron chi connectivity index (χ1n) is 7.21. The molecular formula is C18H17O6P. The van der Waals surface area contributed by atoms with Gasteiger partial charge in [0.2, 0.25) is 0 Å². The molecule has 0 aromatic heterocycles. The number of aromatic hydroxyl groups is 2. The average Bonchev–Trinajstić information content (AvgIpc) is 2.55. The summed E-state index contributed by atoms with van der Waals surface area (Å²) in [4.78, 5) is 21.6. The van der Waals surface area contributed by atoms with Crippen molar-refractivity contribution in [1.82, 2.24) is 0 Å². The third-order valence-electron chi connectivity index (χ3n) is 3.30. The van der Waals surface area contributed by atoms with Crippen LogP contribution in [0.1, 0.15) is 0 Å². The van der Waals surface area contributed by atoms with E-state index in [9.17, 15) is 10.2 Å². The number of hydrogen-bond acceptors (Lipinski definition) is 3. The molecule has 0 fully saturated rings. The normalized spacial score (nSPS) is 10.7. The summed E-state index contributed by atoms with van der Waals surface area (Å²) in [5.41, 5.74) is 2.89. The molecule has 0 radical (unpaired) electrons. The molecule has 0 aliphatic carbocycles. The third kappa shape index (κ3) is 5.45. The summed E-state index contributed by atoms with van der Waals surface area (Å²) in [6.45, 7) is 0. The van der Waals surface area contributed by atoms with Gasteiger partial charge >= 0.3 is 7.82 Å². The van der Waals surface area contributed by atoms with Crippen LogP contribution in [0.4, 0.5) is 0 Å². The molecule has 0 saturated heterocycles. The predicted octanol–water partition coefficient (Wildman–Crippen LogP) is 3.50. The zero-order chi connectivity index (χ0) is 18.4. The minimum Gasteiger partial charge on any atom is -0.507 e. The molecule has 0 aliphatic rings. The maximum atomic E-state index is 10.5. The molecule has 7 heteroatoms. The first-order chi connectivity index (χ1) is 11.8. The summed E-state index contributed by atoms with van der Waals surface area (Å²) in [6.07, 6.45) is 0. The molecule has 3 rings (SSSR count). The largest absolute Gasteiger partial charge is 0.507 e. The fraction of sp³-hybridized carbons (Fsp3) is 0. The van der Waals surface area contributed by atoms with Crippen molar-refractivity contribution in [3.63, 3.8) is 0 Å². The first-order valence-corrected chi connectivity index (χ1v) is 8.78. The van der Waals surface area contributed by atoms with Crippen LogP contribution in [-0.4, -0.2) is 24.9 Å². The Labute approximate surface area is 144 Å². The highest BCUT2D eigenvalue weighted by Crippen LogP contribution is 2.43. The second kappa shape index (κ2) is 7.96. The van der Waals surface area contributed by atoms with Crippen LogP contribution >= 0.6 is 7.82 Å². The van der Waals surface area contributed by atoms with Gasteiger partial charge in [0.15, 0.2) is 0 Å². The van der Waals surface area contributed by atoms with Gasteiger partial charge in [0, 0.05) is 5.56 Å². The maximum absolute atomic E-state index is 10.5. The van der Waals surface area contributed by atoms with Gasteiger partial charge in [0.05, 0.1) is 5.56 Å². The van der Waals surface area contributed by atoms with Crippen molar-refractivity contribution < 1.29 is 29.5 Å². The SMILES string of the molecule is O=P(O)(O)O.Oc1ccc(-c2ccccc2)c(O)c1-c1ccccc1. The van der Waals surface area contributed by atoms with Crippen LogP contribution in [0.5, 0.6) is 11.5 Å². The molecule has 0 heterocycles. The molecule has 0 atom stereocenters. The lowest BCUT2D eigenvalue weighted by Crippen LogP contribution is -1.85. The molecule has 3 aromatic carbocycles. The van der Waals surface area contributed by atoms with Crippen molar-refractivity contribution >= 4 is 7.82 Å². The van der Waals surface area contributed by atoms with Crippen LogP contribution in [-0.2, 0) is 4.57 Å². The molecule has 0 bridgehead atoms. The summed E-state index contributed by atoms with van der Waals surface area (Å²) >= 11 is 0. The topological polar surface area (TPSA) is 118 Å². The van der Waals surface area contributed by atoms with Crippen molar-refractivity contribution in [2.45, 2.75) is 0 Å². The highest BCUT2D eigenvalue weighted by Gasteiger charge is 2.14. The summed E-state index contributed by atoms with van der Waals surface area (Å²) in [5, 5.41) is 20.6. The predicted molar refractivity (Wildman–Crippen MR) is 94.9 cm³/mol. The van der Waals surface area contributed by atoms with E-state index in [2.05, 4.69) is 0 Å². The lowest BCUT2D eigenvalue weighted by molar-refractivity contribution is 0.275.